The van der Waals surface area contributed by atoms with Crippen LogP contribution in [0.5, 0.6) is 0 Å². The molecule has 7 heteroatoms. The molecule has 2 aromatic heterocycles. The van der Waals surface area contributed by atoms with Gasteiger partial charge < -0.3 is 10.2 Å². The second-order valence-electron chi connectivity index (χ2n) is 8.74. The molecule has 0 radical (unpaired) electrons. The average molecular weight is 446 g/mol. The minimum Gasteiger partial charge on any atom is -0.347 e. The normalized spacial score (nSPS) is 13.0. The topological polar surface area (TPSA) is 80.1 Å². The zero-order valence-electron chi connectivity index (χ0n) is 19.8. The van der Waals surface area contributed by atoms with Gasteiger partial charge in [-0.3, -0.25) is 19.3 Å². The quantitative estimate of drug-likeness (QED) is 0.632. The Kier molecular flexibility index (Phi) is 6.58. The molecule has 0 aliphatic carbocycles. The number of pyridine rings is 1. The van der Waals surface area contributed by atoms with Crippen molar-refractivity contribution in [2.45, 2.75) is 53.1 Å². The van der Waals surface area contributed by atoms with Gasteiger partial charge >= 0.3 is 0 Å². The highest BCUT2D eigenvalue weighted by Gasteiger charge is 2.24. The SMILES string of the molecule is CCc1cc(C(=O)NCc2c(C)ncc3c2CCN(C(=O)Cc2cccc(C)c2)C3)n(C)n1. The van der Waals surface area contributed by atoms with Crippen molar-refractivity contribution in [3.8, 4) is 0 Å². The van der Waals surface area contributed by atoms with E-state index < -0.39 is 0 Å². The molecule has 1 aromatic carbocycles. The molecule has 0 unspecified atom stereocenters. The van der Waals surface area contributed by atoms with E-state index in [9.17, 15) is 9.59 Å². The van der Waals surface area contributed by atoms with Crippen LogP contribution >= 0.6 is 0 Å². The van der Waals surface area contributed by atoms with E-state index in [0.29, 0.717) is 31.7 Å². The molecular formula is C26H31N5O2. The maximum Gasteiger partial charge on any atom is 0.269 e. The molecule has 0 saturated carbocycles. The van der Waals surface area contributed by atoms with E-state index in [1.165, 1.54) is 5.56 Å². The highest BCUT2D eigenvalue weighted by molar-refractivity contribution is 5.92. The van der Waals surface area contributed by atoms with Gasteiger partial charge in [-0.25, -0.2) is 0 Å². The molecule has 2 amide bonds. The van der Waals surface area contributed by atoms with E-state index >= 15 is 0 Å². The number of aromatic nitrogens is 3. The van der Waals surface area contributed by atoms with Crippen LogP contribution in [0.25, 0.3) is 0 Å². The standard InChI is InChI=1S/C26H31N5O2/c1-5-21-13-24(30(4)29-21)26(33)28-15-23-18(3)27-14-20-16-31(10-9-22(20)23)25(32)12-19-8-6-7-17(2)11-19/h6-8,11,13-14H,5,9-10,12,15-16H2,1-4H3,(H,28,33). The zero-order chi connectivity index (χ0) is 23.5. The summed E-state index contributed by atoms with van der Waals surface area (Å²) < 4.78 is 1.62. The third-order valence-corrected chi connectivity index (χ3v) is 6.34. The smallest absolute Gasteiger partial charge is 0.269 e. The molecule has 3 heterocycles. The second kappa shape index (κ2) is 9.57. The van der Waals surface area contributed by atoms with Gasteiger partial charge in [-0.15, -0.1) is 0 Å². The van der Waals surface area contributed by atoms with Gasteiger partial charge in [-0.1, -0.05) is 36.8 Å². The maximum absolute atomic E-state index is 12.9. The molecule has 7 nitrogen and oxygen atoms in total. The first kappa shape index (κ1) is 22.7. The van der Waals surface area contributed by atoms with Crippen molar-refractivity contribution in [1.29, 1.82) is 0 Å². The number of nitrogens with one attached hydrogen (secondary N) is 1. The molecule has 1 aliphatic rings. The molecule has 0 saturated heterocycles. The lowest BCUT2D eigenvalue weighted by molar-refractivity contribution is -0.131. The molecular weight excluding hydrogens is 414 g/mol. The van der Waals surface area contributed by atoms with Crippen LogP contribution in [-0.2, 0) is 44.2 Å². The fourth-order valence-corrected chi connectivity index (χ4v) is 4.45. The van der Waals surface area contributed by atoms with Crippen molar-refractivity contribution in [3.63, 3.8) is 0 Å². The van der Waals surface area contributed by atoms with Crippen LogP contribution in [0.15, 0.2) is 36.5 Å². The van der Waals surface area contributed by atoms with E-state index in [0.717, 1.165) is 46.5 Å². The van der Waals surface area contributed by atoms with E-state index in [2.05, 4.69) is 21.5 Å². The summed E-state index contributed by atoms with van der Waals surface area (Å²) in [7, 11) is 1.79. The first-order valence-electron chi connectivity index (χ1n) is 11.5. The molecule has 0 atom stereocenters. The molecule has 172 valence electrons. The van der Waals surface area contributed by atoms with Gasteiger partial charge in [0.25, 0.3) is 5.91 Å². The fraction of sp³-hybridized carbons (Fsp3) is 0.385. The van der Waals surface area contributed by atoms with E-state index in [1.807, 2.05) is 56.1 Å². The number of nitrogens with zero attached hydrogens (tertiary/aromatic N) is 4. The van der Waals surface area contributed by atoms with Crippen molar-refractivity contribution in [2.75, 3.05) is 6.54 Å². The molecule has 33 heavy (non-hydrogen) atoms. The molecule has 4 rings (SSSR count). The molecule has 0 fully saturated rings. The molecule has 3 aromatic rings. The lowest BCUT2D eigenvalue weighted by Gasteiger charge is -2.30. The number of carbonyl (C=O) groups excluding carboxylic acids is 2. The molecule has 0 bridgehead atoms. The zero-order valence-corrected chi connectivity index (χ0v) is 19.8. The van der Waals surface area contributed by atoms with Crippen molar-refractivity contribution in [2.24, 2.45) is 7.05 Å². The van der Waals surface area contributed by atoms with Gasteiger partial charge in [0.1, 0.15) is 5.69 Å². The third-order valence-electron chi connectivity index (χ3n) is 6.34. The molecule has 1 N–H and O–H groups in total. The Morgan fingerprint density at radius 1 is 1.18 bits per heavy atom. The maximum atomic E-state index is 12.9. The van der Waals surface area contributed by atoms with Crippen molar-refractivity contribution < 1.29 is 9.59 Å². The van der Waals surface area contributed by atoms with Gasteiger partial charge in [0.2, 0.25) is 5.91 Å². The minimum atomic E-state index is -0.146. The Bertz CT molecular complexity index is 1200. The van der Waals surface area contributed by atoms with Gasteiger partial charge in [0.15, 0.2) is 0 Å². The summed E-state index contributed by atoms with van der Waals surface area (Å²) in [6.07, 6.45) is 3.82. The van der Waals surface area contributed by atoms with Crippen LogP contribution in [0.2, 0.25) is 0 Å². The van der Waals surface area contributed by atoms with Crippen molar-refractivity contribution >= 4 is 11.8 Å². The highest BCUT2D eigenvalue weighted by atomic mass is 16.2. The summed E-state index contributed by atoms with van der Waals surface area (Å²) in [5.74, 6) is -0.0166. The fourth-order valence-electron chi connectivity index (χ4n) is 4.45. The van der Waals surface area contributed by atoms with Gasteiger partial charge in [0, 0.05) is 38.6 Å². The minimum absolute atomic E-state index is 0.129. The number of amides is 2. The summed E-state index contributed by atoms with van der Waals surface area (Å²) in [6, 6.07) is 9.92. The predicted molar refractivity (Wildman–Crippen MR) is 127 cm³/mol. The van der Waals surface area contributed by atoms with Gasteiger partial charge in [0.05, 0.1) is 12.1 Å². The average Bonchev–Trinajstić information content (AvgIpc) is 3.18. The van der Waals surface area contributed by atoms with Gasteiger partial charge in [-0.2, -0.15) is 5.10 Å². The lowest BCUT2D eigenvalue weighted by Crippen LogP contribution is -2.38. The molecule has 1 aliphatic heterocycles. The summed E-state index contributed by atoms with van der Waals surface area (Å²) >= 11 is 0. The number of aryl methyl sites for hydroxylation is 4. The van der Waals surface area contributed by atoms with Crippen molar-refractivity contribution in [1.82, 2.24) is 25.0 Å². The first-order chi connectivity index (χ1) is 15.9. The number of hydrogen-bond acceptors (Lipinski definition) is 4. The van der Waals surface area contributed by atoms with E-state index in [-0.39, 0.29) is 11.8 Å². The number of fused-ring (bicyclic) bond motifs is 1. The number of carbonyl (C=O) groups is 2. The van der Waals surface area contributed by atoms with Crippen LogP contribution in [-0.4, -0.2) is 38.0 Å². The van der Waals surface area contributed by atoms with Crippen LogP contribution in [0.3, 0.4) is 0 Å². The Hall–Kier alpha value is -3.48. The second-order valence-corrected chi connectivity index (χ2v) is 8.74. The predicted octanol–water partition coefficient (Wildman–Crippen LogP) is 3.05. The summed E-state index contributed by atoms with van der Waals surface area (Å²) in [5, 5.41) is 7.39. The molecule has 0 spiro atoms. The highest BCUT2D eigenvalue weighted by Crippen LogP contribution is 2.24. The Labute approximate surface area is 194 Å². The Morgan fingerprint density at radius 2 is 2.00 bits per heavy atom. The van der Waals surface area contributed by atoms with Crippen LogP contribution < -0.4 is 5.32 Å². The first-order valence-corrected chi connectivity index (χ1v) is 11.5. The number of rotatable bonds is 6. The number of benzene rings is 1. The van der Waals surface area contributed by atoms with Crippen molar-refractivity contribution in [3.05, 3.63) is 81.4 Å². The van der Waals surface area contributed by atoms with E-state index in [4.69, 9.17) is 0 Å². The Balaban J connectivity index is 1.45. The largest absolute Gasteiger partial charge is 0.347 e. The monoisotopic (exact) mass is 445 g/mol. The van der Waals surface area contributed by atoms with Crippen LogP contribution in [0.4, 0.5) is 0 Å². The third kappa shape index (κ3) is 4.97. The summed E-state index contributed by atoms with van der Waals surface area (Å²) in [5.41, 5.74) is 7.86. The van der Waals surface area contributed by atoms with Gasteiger partial charge in [-0.05, 0) is 55.0 Å². The van der Waals surface area contributed by atoms with Crippen LogP contribution in [0, 0.1) is 13.8 Å². The summed E-state index contributed by atoms with van der Waals surface area (Å²) in [4.78, 5) is 32.1. The van der Waals surface area contributed by atoms with E-state index in [1.54, 1.807) is 11.7 Å². The summed E-state index contributed by atoms with van der Waals surface area (Å²) in [6.45, 7) is 7.65. The Morgan fingerprint density at radius 3 is 2.73 bits per heavy atom. The lowest BCUT2D eigenvalue weighted by atomic mass is 9.94. The number of hydrogen-bond donors (Lipinski definition) is 1. The van der Waals surface area contributed by atoms with Crippen LogP contribution in [0.1, 0.15) is 56.6 Å².